The lowest BCUT2D eigenvalue weighted by Crippen LogP contribution is -2.36. The average Bonchev–Trinajstić information content (AvgIpc) is 2.23. The number of hydrogen-bond acceptors (Lipinski definition) is 2. The highest BCUT2D eigenvalue weighted by Crippen LogP contribution is 2.30. The summed E-state index contributed by atoms with van der Waals surface area (Å²) in [5.74, 6) is 0. The highest BCUT2D eigenvalue weighted by atomic mass is 15.1. The molecule has 0 radical (unpaired) electrons. The molecule has 0 spiro atoms. The molecular weight excluding hydrogens is 184 g/mol. The van der Waals surface area contributed by atoms with E-state index in [-0.39, 0.29) is 0 Å². The van der Waals surface area contributed by atoms with Crippen molar-refractivity contribution in [3.05, 3.63) is 30.1 Å². The molecule has 15 heavy (non-hydrogen) atoms. The maximum Gasteiger partial charge on any atom is 0.0271 e. The van der Waals surface area contributed by atoms with Crippen molar-refractivity contribution < 1.29 is 0 Å². The lowest BCUT2D eigenvalue weighted by molar-refractivity contribution is 0.127. The van der Waals surface area contributed by atoms with Gasteiger partial charge in [-0.05, 0) is 49.0 Å². The largest absolute Gasteiger partial charge is 0.299 e. The van der Waals surface area contributed by atoms with Crippen LogP contribution in [0.25, 0.3) is 0 Å². The van der Waals surface area contributed by atoms with Crippen LogP contribution in [-0.4, -0.2) is 23.0 Å². The molecule has 0 amide bonds. The molecule has 1 saturated heterocycles. The van der Waals surface area contributed by atoms with Crippen LogP contribution in [0.4, 0.5) is 0 Å². The van der Waals surface area contributed by atoms with Gasteiger partial charge < -0.3 is 0 Å². The zero-order valence-corrected chi connectivity index (χ0v) is 9.74. The maximum absolute atomic E-state index is 4.04. The third-order valence-corrected chi connectivity index (χ3v) is 3.37. The molecule has 2 heterocycles. The van der Waals surface area contributed by atoms with Gasteiger partial charge in [0.2, 0.25) is 0 Å². The van der Waals surface area contributed by atoms with Crippen LogP contribution in [0, 0.1) is 5.41 Å². The number of pyridine rings is 1. The smallest absolute Gasteiger partial charge is 0.0271 e. The highest BCUT2D eigenvalue weighted by Gasteiger charge is 2.24. The van der Waals surface area contributed by atoms with E-state index in [1.807, 2.05) is 12.4 Å². The minimum atomic E-state index is 0.550. The number of piperidine rings is 1. The van der Waals surface area contributed by atoms with E-state index < -0.39 is 0 Å². The molecule has 0 bridgehead atoms. The molecule has 0 atom stereocenters. The number of hydrogen-bond donors (Lipinski definition) is 0. The van der Waals surface area contributed by atoms with Crippen LogP contribution in [0.2, 0.25) is 0 Å². The Labute approximate surface area is 92.3 Å². The van der Waals surface area contributed by atoms with E-state index >= 15 is 0 Å². The van der Waals surface area contributed by atoms with Gasteiger partial charge in [0, 0.05) is 18.9 Å². The minimum Gasteiger partial charge on any atom is -0.299 e. The van der Waals surface area contributed by atoms with Crippen molar-refractivity contribution in [1.29, 1.82) is 0 Å². The first-order chi connectivity index (χ1) is 7.16. The highest BCUT2D eigenvalue weighted by molar-refractivity contribution is 5.09. The lowest BCUT2D eigenvalue weighted by Gasteiger charge is -2.36. The Morgan fingerprint density at radius 3 is 2.40 bits per heavy atom. The summed E-state index contributed by atoms with van der Waals surface area (Å²) < 4.78 is 0. The fourth-order valence-electron chi connectivity index (χ4n) is 2.06. The molecule has 1 aliphatic rings. The van der Waals surface area contributed by atoms with E-state index in [0.717, 1.165) is 6.54 Å². The van der Waals surface area contributed by atoms with E-state index in [9.17, 15) is 0 Å². The Morgan fingerprint density at radius 2 is 1.80 bits per heavy atom. The van der Waals surface area contributed by atoms with Crippen molar-refractivity contribution in [2.24, 2.45) is 5.41 Å². The van der Waals surface area contributed by atoms with E-state index in [1.54, 1.807) is 0 Å². The predicted octanol–water partition coefficient (Wildman–Crippen LogP) is 2.70. The van der Waals surface area contributed by atoms with Gasteiger partial charge in [-0.3, -0.25) is 9.88 Å². The van der Waals surface area contributed by atoms with Crippen molar-refractivity contribution >= 4 is 0 Å². The van der Waals surface area contributed by atoms with Gasteiger partial charge in [0.05, 0.1) is 0 Å². The summed E-state index contributed by atoms with van der Waals surface area (Å²) >= 11 is 0. The van der Waals surface area contributed by atoms with Crippen molar-refractivity contribution in [2.75, 3.05) is 13.1 Å². The molecule has 1 aromatic heterocycles. The molecule has 2 heteroatoms. The molecule has 0 N–H and O–H groups in total. The molecule has 0 unspecified atom stereocenters. The normalized spacial score (nSPS) is 21.5. The van der Waals surface area contributed by atoms with Crippen molar-refractivity contribution in [3.63, 3.8) is 0 Å². The summed E-state index contributed by atoms with van der Waals surface area (Å²) in [5, 5.41) is 0. The molecule has 0 aliphatic carbocycles. The van der Waals surface area contributed by atoms with Gasteiger partial charge in [-0.2, -0.15) is 0 Å². The molecule has 1 aromatic rings. The van der Waals surface area contributed by atoms with Gasteiger partial charge in [-0.15, -0.1) is 0 Å². The quantitative estimate of drug-likeness (QED) is 0.736. The standard InChI is InChI=1S/C13H20N2/c1-13(2)5-9-15(10-6-13)11-12-3-7-14-8-4-12/h3-4,7-8H,5-6,9-11H2,1-2H3. The molecule has 82 valence electrons. The maximum atomic E-state index is 4.04. The topological polar surface area (TPSA) is 16.1 Å². The summed E-state index contributed by atoms with van der Waals surface area (Å²) in [6, 6.07) is 4.22. The Kier molecular flexibility index (Phi) is 3.06. The zero-order valence-electron chi connectivity index (χ0n) is 9.74. The summed E-state index contributed by atoms with van der Waals surface area (Å²) in [6.07, 6.45) is 6.39. The summed E-state index contributed by atoms with van der Waals surface area (Å²) in [6.45, 7) is 8.29. The van der Waals surface area contributed by atoms with Gasteiger partial charge >= 0.3 is 0 Å². The molecule has 0 saturated carbocycles. The first-order valence-corrected chi connectivity index (χ1v) is 5.77. The van der Waals surface area contributed by atoms with Gasteiger partial charge in [0.25, 0.3) is 0 Å². The number of aromatic nitrogens is 1. The van der Waals surface area contributed by atoms with E-state index in [0.29, 0.717) is 5.41 Å². The van der Waals surface area contributed by atoms with Gasteiger partial charge in [-0.25, -0.2) is 0 Å². The number of likely N-dealkylation sites (tertiary alicyclic amines) is 1. The van der Waals surface area contributed by atoms with E-state index in [4.69, 9.17) is 0 Å². The van der Waals surface area contributed by atoms with Crippen LogP contribution in [-0.2, 0) is 6.54 Å². The second kappa shape index (κ2) is 4.31. The molecule has 2 rings (SSSR count). The summed E-state index contributed by atoms with van der Waals surface area (Å²) in [4.78, 5) is 6.59. The third kappa shape index (κ3) is 3.03. The van der Waals surface area contributed by atoms with Gasteiger partial charge in [0.15, 0.2) is 0 Å². The second-order valence-electron chi connectivity index (χ2n) is 5.30. The number of nitrogens with zero attached hydrogens (tertiary/aromatic N) is 2. The van der Waals surface area contributed by atoms with Gasteiger partial charge in [0.1, 0.15) is 0 Å². The van der Waals surface area contributed by atoms with Crippen molar-refractivity contribution in [1.82, 2.24) is 9.88 Å². The minimum absolute atomic E-state index is 0.550. The van der Waals surface area contributed by atoms with Crippen LogP contribution >= 0.6 is 0 Å². The molecule has 0 aromatic carbocycles. The SMILES string of the molecule is CC1(C)CCN(Cc2ccncc2)CC1. The fourth-order valence-corrected chi connectivity index (χ4v) is 2.06. The zero-order chi connectivity index (χ0) is 10.7. The second-order valence-corrected chi connectivity index (χ2v) is 5.30. The van der Waals surface area contributed by atoms with Crippen LogP contribution in [0.15, 0.2) is 24.5 Å². The third-order valence-electron chi connectivity index (χ3n) is 3.37. The first kappa shape index (κ1) is 10.6. The van der Waals surface area contributed by atoms with Crippen LogP contribution in [0.1, 0.15) is 32.3 Å². The molecule has 1 aliphatic heterocycles. The fraction of sp³-hybridized carbons (Fsp3) is 0.615. The molecule has 1 fully saturated rings. The van der Waals surface area contributed by atoms with Gasteiger partial charge in [-0.1, -0.05) is 13.8 Å². The summed E-state index contributed by atoms with van der Waals surface area (Å²) in [7, 11) is 0. The van der Waals surface area contributed by atoms with Crippen molar-refractivity contribution in [3.8, 4) is 0 Å². The molecule has 2 nitrogen and oxygen atoms in total. The van der Waals surface area contributed by atoms with Crippen LogP contribution in [0.5, 0.6) is 0 Å². The lowest BCUT2D eigenvalue weighted by atomic mass is 9.82. The van der Waals surface area contributed by atoms with Crippen LogP contribution < -0.4 is 0 Å². The van der Waals surface area contributed by atoms with Crippen LogP contribution in [0.3, 0.4) is 0 Å². The summed E-state index contributed by atoms with van der Waals surface area (Å²) in [5.41, 5.74) is 1.93. The monoisotopic (exact) mass is 204 g/mol. The Balaban J connectivity index is 1.88. The number of rotatable bonds is 2. The van der Waals surface area contributed by atoms with E-state index in [1.165, 1.54) is 31.5 Å². The average molecular weight is 204 g/mol. The predicted molar refractivity (Wildman–Crippen MR) is 62.5 cm³/mol. The van der Waals surface area contributed by atoms with Crippen molar-refractivity contribution in [2.45, 2.75) is 33.2 Å². The Hall–Kier alpha value is -0.890. The van der Waals surface area contributed by atoms with E-state index in [2.05, 4.69) is 35.9 Å². The Morgan fingerprint density at radius 1 is 1.20 bits per heavy atom. The molecular formula is C13H20N2. The Bertz CT molecular complexity index is 296. The first-order valence-electron chi connectivity index (χ1n) is 5.77.